The second-order valence-corrected chi connectivity index (χ2v) is 5.15. The summed E-state index contributed by atoms with van der Waals surface area (Å²) in [5, 5.41) is 10.5. The molecule has 2 aromatic rings. The molecule has 0 heterocycles. The van der Waals surface area contributed by atoms with Crippen molar-refractivity contribution in [1.82, 2.24) is 0 Å². The van der Waals surface area contributed by atoms with E-state index in [-0.39, 0.29) is 6.61 Å². The summed E-state index contributed by atoms with van der Waals surface area (Å²) < 4.78 is 19.8. The highest BCUT2D eigenvalue weighted by Crippen LogP contribution is 2.27. The maximum Gasteiger partial charge on any atom is 0.304 e. The van der Waals surface area contributed by atoms with E-state index >= 15 is 0 Å². The van der Waals surface area contributed by atoms with Crippen LogP contribution in [0.3, 0.4) is 0 Å². The van der Waals surface area contributed by atoms with Gasteiger partial charge in [0.05, 0.1) is 9.40 Å². The maximum absolute atomic E-state index is 13.5. The lowest BCUT2D eigenvalue weighted by atomic mass is 10.2. The molecule has 0 radical (unpaired) electrons. The predicted molar refractivity (Wildman–Crippen MR) is 79.4 cm³/mol. The highest BCUT2D eigenvalue weighted by molar-refractivity contribution is 9.10. The van der Waals surface area contributed by atoms with Crippen molar-refractivity contribution in [1.29, 1.82) is 0 Å². The van der Waals surface area contributed by atoms with Crippen molar-refractivity contribution in [2.45, 2.75) is 13.2 Å². The van der Waals surface area contributed by atoms with Crippen LogP contribution in [0.4, 0.5) is 10.1 Å². The molecule has 0 unspecified atom stereocenters. The highest BCUT2D eigenvalue weighted by Gasteiger charge is 2.14. The molecule has 0 aliphatic rings. The largest absolute Gasteiger partial charge is 0.488 e. The SMILES string of the molecule is NCc1ccc(OCc2ccc([N+](=O)[O-])c(F)c2)c(Br)c1. The Kier molecular flexibility index (Phi) is 4.87. The van der Waals surface area contributed by atoms with E-state index in [0.717, 1.165) is 22.2 Å². The van der Waals surface area contributed by atoms with Crippen LogP contribution in [0.5, 0.6) is 5.75 Å². The van der Waals surface area contributed by atoms with Gasteiger partial charge in [0.1, 0.15) is 12.4 Å². The van der Waals surface area contributed by atoms with Crippen molar-refractivity contribution in [3.8, 4) is 5.75 Å². The number of ether oxygens (including phenoxy) is 1. The van der Waals surface area contributed by atoms with E-state index in [1.807, 2.05) is 12.1 Å². The van der Waals surface area contributed by atoms with Crippen LogP contribution in [0.1, 0.15) is 11.1 Å². The van der Waals surface area contributed by atoms with Crippen molar-refractivity contribution in [3.05, 3.63) is 67.9 Å². The van der Waals surface area contributed by atoms with E-state index in [4.69, 9.17) is 10.5 Å². The summed E-state index contributed by atoms with van der Waals surface area (Å²) in [6.45, 7) is 0.530. The van der Waals surface area contributed by atoms with E-state index in [0.29, 0.717) is 17.9 Å². The number of nitro benzene ring substituents is 1. The lowest BCUT2D eigenvalue weighted by molar-refractivity contribution is -0.387. The van der Waals surface area contributed by atoms with E-state index in [1.54, 1.807) is 6.07 Å². The smallest absolute Gasteiger partial charge is 0.304 e. The third-order valence-electron chi connectivity index (χ3n) is 2.84. The Hall–Kier alpha value is -1.99. The van der Waals surface area contributed by atoms with Gasteiger partial charge in [-0.15, -0.1) is 0 Å². The number of hydrogen-bond donors (Lipinski definition) is 1. The first-order chi connectivity index (χ1) is 10.0. The van der Waals surface area contributed by atoms with Crippen molar-refractivity contribution in [2.75, 3.05) is 0 Å². The summed E-state index contributed by atoms with van der Waals surface area (Å²) >= 11 is 3.36. The Labute approximate surface area is 128 Å². The average Bonchev–Trinajstić information content (AvgIpc) is 2.45. The number of nitrogens with zero attached hydrogens (tertiary/aromatic N) is 1. The van der Waals surface area contributed by atoms with E-state index in [1.165, 1.54) is 6.07 Å². The third-order valence-corrected chi connectivity index (χ3v) is 3.45. The van der Waals surface area contributed by atoms with Gasteiger partial charge in [-0.05, 0) is 51.3 Å². The van der Waals surface area contributed by atoms with Gasteiger partial charge in [-0.3, -0.25) is 10.1 Å². The minimum Gasteiger partial charge on any atom is -0.488 e. The lowest BCUT2D eigenvalue weighted by Gasteiger charge is -2.09. The molecule has 5 nitrogen and oxygen atoms in total. The molecule has 0 atom stereocenters. The zero-order chi connectivity index (χ0) is 15.4. The molecule has 21 heavy (non-hydrogen) atoms. The number of nitro groups is 1. The van der Waals surface area contributed by atoms with Crippen molar-refractivity contribution < 1.29 is 14.1 Å². The van der Waals surface area contributed by atoms with E-state index < -0.39 is 16.4 Å². The first-order valence-corrected chi connectivity index (χ1v) is 6.84. The molecular weight excluding hydrogens is 343 g/mol. The van der Waals surface area contributed by atoms with Crippen molar-refractivity contribution in [2.24, 2.45) is 5.73 Å². The maximum atomic E-state index is 13.5. The molecule has 2 N–H and O–H groups in total. The lowest BCUT2D eigenvalue weighted by Crippen LogP contribution is -2.00. The molecule has 0 aromatic heterocycles. The summed E-state index contributed by atoms with van der Waals surface area (Å²) in [6, 6.07) is 9.11. The minimum absolute atomic E-state index is 0.107. The molecular formula is C14H12BrFN2O3. The van der Waals surface area contributed by atoms with E-state index in [9.17, 15) is 14.5 Å². The van der Waals surface area contributed by atoms with Gasteiger partial charge >= 0.3 is 5.69 Å². The van der Waals surface area contributed by atoms with Crippen molar-refractivity contribution >= 4 is 21.6 Å². The molecule has 0 amide bonds. The zero-order valence-corrected chi connectivity index (χ0v) is 12.5. The average molecular weight is 355 g/mol. The fraction of sp³-hybridized carbons (Fsp3) is 0.143. The van der Waals surface area contributed by atoms with Crippen LogP contribution in [-0.2, 0) is 13.2 Å². The van der Waals surface area contributed by atoms with Crippen LogP contribution in [0.25, 0.3) is 0 Å². The number of halogens is 2. The molecule has 0 bridgehead atoms. The minimum atomic E-state index is -0.876. The van der Waals surface area contributed by atoms with Gasteiger partial charge < -0.3 is 10.5 Å². The predicted octanol–water partition coefficient (Wildman–Crippen LogP) is 3.53. The van der Waals surface area contributed by atoms with Crippen LogP contribution < -0.4 is 10.5 Å². The summed E-state index contributed by atoms with van der Waals surface area (Å²) in [6.07, 6.45) is 0. The van der Waals surface area contributed by atoms with Gasteiger partial charge in [-0.1, -0.05) is 6.07 Å². The van der Waals surface area contributed by atoms with Crippen LogP contribution >= 0.6 is 15.9 Å². The quantitative estimate of drug-likeness (QED) is 0.657. The zero-order valence-electron chi connectivity index (χ0n) is 10.9. The molecule has 0 saturated heterocycles. The van der Waals surface area contributed by atoms with Gasteiger partial charge in [0.25, 0.3) is 0 Å². The molecule has 0 fully saturated rings. The van der Waals surface area contributed by atoms with Crippen LogP contribution in [0.15, 0.2) is 40.9 Å². The normalized spacial score (nSPS) is 10.4. The van der Waals surface area contributed by atoms with Gasteiger partial charge in [0.15, 0.2) is 0 Å². The fourth-order valence-corrected chi connectivity index (χ4v) is 2.28. The Morgan fingerprint density at radius 1 is 1.24 bits per heavy atom. The Morgan fingerprint density at radius 2 is 1.95 bits per heavy atom. The molecule has 0 saturated carbocycles. The van der Waals surface area contributed by atoms with Crippen LogP contribution in [0.2, 0.25) is 0 Å². The second kappa shape index (κ2) is 6.64. The van der Waals surface area contributed by atoms with E-state index in [2.05, 4.69) is 15.9 Å². The number of nitrogens with two attached hydrogens (primary N) is 1. The molecule has 2 rings (SSSR count). The number of rotatable bonds is 5. The van der Waals surface area contributed by atoms with Crippen LogP contribution in [-0.4, -0.2) is 4.92 Å². The molecule has 7 heteroatoms. The van der Waals surface area contributed by atoms with Crippen molar-refractivity contribution in [3.63, 3.8) is 0 Å². The summed E-state index contributed by atoms with van der Waals surface area (Å²) in [5.74, 6) is -0.287. The summed E-state index contributed by atoms with van der Waals surface area (Å²) in [5.41, 5.74) is 6.44. The second-order valence-electron chi connectivity index (χ2n) is 4.30. The first-order valence-electron chi connectivity index (χ1n) is 6.05. The molecule has 0 aliphatic heterocycles. The number of benzene rings is 2. The van der Waals surface area contributed by atoms with Gasteiger partial charge in [0.2, 0.25) is 5.82 Å². The number of hydrogen-bond acceptors (Lipinski definition) is 4. The highest BCUT2D eigenvalue weighted by atomic mass is 79.9. The molecule has 110 valence electrons. The Morgan fingerprint density at radius 3 is 2.52 bits per heavy atom. The fourth-order valence-electron chi connectivity index (χ4n) is 1.74. The third kappa shape index (κ3) is 3.77. The van der Waals surface area contributed by atoms with Gasteiger partial charge in [-0.25, -0.2) is 0 Å². The summed E-state index contributed by atoms with van der Waals surface area (Å²) in [4.78, 5) is 9.77. The standard InChI is InChI=1S/C14H12BrFN2O3/c15-11-5-9(7-17)2-4-14(11)21-8-10-1-3-13(18(19)20)12(16)6-10/h1-6H,7-8,17H2. The van der Waals surface area contributed by atoms with Gasteiger partial charge in [0, 0.05) is 12.6 Å². The molecule has 0 spiro atoms. The topological polar surface area (TPSA) is 78.4 Å². The molecule has 0 aliphatic carbocycles. The first kappa shape index (κ1) is 15.4. The van der Waals surface area contributed by atoms with Crippen LogP contribution in [0, 0.1) is 15.9 Å². The van der Waals surface area contributed by atoms with Gasteiger partial charge in [-0.2, -0.15) is 4.39 Å². The Bertz CT molecular complexity index is 679. The monoisotopic (exact) mass is 354 g/mol. The molecule has 2 aromatic carbocycles. The summed E-state index contributed by atoms with van der Waals surface area (Å²) in [7, 11) is 0. The Balaban J connectivity index is 2.10.